The summed E-state index contributed by atoms with van der Waals surface area (Å²) in [7, 11) is 3.11. The summed E-state index contributed by atoms with van der Waals surface area (Å²) < 4.78 is 22.7. The molecule has 0 atom stereocenters. The molecule has 0 aliphatic carbocycles. The van der Waals surface area contributed by atoms with Gasteiger partial charge in [0.1, 0.15) is 6.07 Å². The lowest BCUT2D eigenvalue weighted by Crippen LogP contribution is -2.14. The predicted molar refractivity (Wildman–Crippen MR) is 114 cm³/mol. The van der Waals surface area contributed by atoms with E-state index in [0.717, 1.165) is 11.4 Å². The Balaban J connectivity index is 1.97. The molecule has 0 aliphatic heterocycles. The summed E-state index contributed by atoms with van der Waals surface area (Å²) in [6, 6.07) is 8.69. The van der Waals surface area contributed by atoms with Crippen molar-refractivity contribution in [1.29, 1.82) is 5.26 Å². The molecule has 1 aromatic heterocycles. The highest BCUT2D eigenvalue weighted by Gasteiger charge is 2.16. The second kappa shape index (κ2) is 11.6. The van der Waals surface area contributed by atoms with Crippen LogP contribution in [0.2, 0.25) is 0 Å². The quantitative estimate of drug-likeness (QED) is 0.309. The highest BCUT2D eigenvalue weighted by atomic mass is 16.5. The summed E-state index contributed by atoms with van der Waals surface area (Å²) in [6.07, 6.45) is 2.78. The number of hydrogen-bond acceptors (Lipinski definition) is 7. The number of benzene rings is 1. The molecule has 31 heavy (non-hydrogen) atoms. The van der Waals surface area contributed by atoms with Gasteiger partial charge in [0, 0.05) is 36.7 Å². The molecule has 8 nitrogen and oxygen atoms in total. The lowest BCUT2D eigenvalue weighted by molar-refractivity contribution is -0.136. The van der Waals surface area contributed by atoms with E-state index in [0.29, 0.717) is 35.8 Å². The average molecular weight is 426 g/mol. The van der Waals surface area contributed by atoms with E-state index in [9.17, 15) is 9.59 Å². The Morgan fingerprint density at radius 2 is 1.94 bits per heavy atom. The molecule has 0 N–H and O–H groups in total. The van der Waals surface area contributed by atoms with Crippen LogP contribution < -0.4 is 9.47 Å². The minimum atomic E-state index is -0.634. The number of hydrogen-bond donors (Lipinski definition) is 0. The number of ketones is 1. The molecule has 0 bridgehead atoms. The molecule has 0 amide bonds. The Labute approximate surface area is 181 Å². The lowest BCUT2D eigenvalue weighted by atomic mass is 10.1. The molecular weight excluding hydrogens is 400 g/mol. The first-order valence-corrected chi connectivity index (χ1v) is 9.62. The van der Waals surface area contributed by atoms with E-state index < -0.39 is 5.97 Å². The zero-order chi connectivity index (χ0) is 22.8. The van der Waals surface area contributed by atoms with Gasteiger partial charge in [0.25, 0.3) is 0 Å². The van der Waals surface area contributed by atoms with Crippen LogP contribution in [0.4, 0.5) is 0 Å². The third-order valence-electron chi connectivity index (χ3n) is 4.63. The average Bonchev–Trinajstić information content (AvgIpc) is 3.06. The molecule has 0 saturated heterocycles. The molecule has 164 valence electrons. The summed E-state index contributed by atoms with van der Waals surface area (Å²) in [5.74, 6) is -0.0354. The van der Waals surface area contributed by atoms with E-state index in [2.05, 4.69) is 0 Å². The van der Waals surface area contributed by atoms with Gasteiger partial charge in [-0.15, -0.1) is 0 Å². The largest absolute Gasteiger partial charge is 0.493 e. The Kier molecular flexibility index (Phi) is 8.85. The van der Waals surface area contributed by atoms with Crippen molar-refractivity contribution in [3.8, 4) is 17.6 Å². The van der Waals surface area contributed by atoms with Crippen LogP contribution in [-0.2, 0) is 20.8 Å². The zero-order valence-corrected chi connectivity index (χ0v) is 18.1. The molecule has 2 aromatic rings. The standard InChI is InChI=1S/C23H26N2O6/c1-16-13-19(17(2)25(16)10-12-28-3)20(26)15-31-23(27)8-6-18-5-7-21(30-11-9-24)22(14-18)29-4/h5-8,13-14H,10-12,15H2,1-4H3/b8-6+. The van der Waals surface area contributed by atoms with Gasteiger partial charge in [-0.3, -0.25) is 4.79 Å². The van der Waals surface area contributed by atoms with Gasteiger partial charge < -0.3 is 23.5 Å². The molecule has 0 fully saturated rings. The summed E-state index contributed by atoms with van der Waals surface area (Å²) in [5, 5.41) is 8.61. The number of Topliss-reactive ketones (excluding diaryl/α,β-unsaturated/α-hetero) is 1. The Morgan fingerprint density at radius 1 is 1.16 bits per heavy atom. The first-order valence-electron chi connectivity index (χ1n) is 9.62. The maximum absolute atomic E-state index is 12.5. The minimum Gasteiger partial charge on any atom is -0.493 e. The molecule has 8 heteroatoms. The molecular formula is C23H26N2O6. The van der Waals surface area contributed by atoms with Gasteiger partial charge in [-0.05, 0) is 43.7 Å². The van der Waals surface area contributed by atoms with Crippen molar-refractivity contribution in [3.05, 3.63) is 52.9 Å². The van der Waals surface area contributed by atoms with Crippen molar-refractivity contribution < 1.29 is 28.5 Å². The van der Waals surface area contributed by atoms with E-state index in [1.165, 1.54) is 13.2 Å². The molecule has 0 unspecified atom stereocenters. The first kappa shape index (κ1) is 23.7. The smallest absolute Gasteiger partial charge is 0.331 e. The third kappa shape index (κ3) is 6.46. The molecule has 0 radical (unpaired) electrons. The number of ether oxygens (including phenoxy) is 4. The van der Waals surface area contributed by atoms with E-state index in [1.54, 1.807) is 37.5 Å². The van der Waals surface area contributed by atoms with E-state index >= 15 is 0 Å². The maximum Gasteiger partial charge on any atom is 0.331 e. The van der Waals surface area contributed by atoms with E-state index in [4.69, 9.17) is 24.2 Å². The molecule has 1 aromatic carbocycles. The molecule has 2 rings (SSSR count). The van der Waals surface area contributed by atoms with Gasteiger partial charge in [-0.25, -0.2) is 4.79 Å². The van der Waals surface area contributed by atoms with Crippen molar-refractivity contribution in [3.63, 3.8) is 0 Å². The number of esters is 1. The van der Waals surface area contributed by atoms with Crippen LogP contribution in [0, 0.1) is 25.2 Å². The Bertz CT molecular complexity index is 1000. The molecule has 0 aliphatic rings. The molecule has 0 spiro atoms. The number of nitrogens with zero attached hydrogens (tertiary/aromatic N) is 2. The van der Waals surface area contributed by atoms with Crippen LogP contribution in [0.3, 0.4) is 0 Å². The fourth-order valence-corrected chi connectivity index (χ4v) is 3.05. The van der Waals surface area contributed by atoms with Crippen LogP contribution in [0.5, 0.6) is 11.5 Å². The van der Waals surface area contributed by atoms with Gasteiger partial charge in [0.15, 0.2) is 24.7 Å². The Hall–Kier alpha value is -3.57. The normalized spacial score (nSPS) is 10.7. The predicted octanol–water partition coefficient (Wildman–Crippen LogP) is 3.10. The SMILES string of the molecule is COCCn1c(C)cc(C(=O)COC(=O)/C=C/c2ccc(OCC#N)c(OC)c2)c1C. The summed E-state index contributed by atoms with van der Waals surface area (Å²) in [5.41, 5.74) is 2.96. The second-order valence-corrected chi connectivity index (χ2v) is 6.65. The van der Waals surface area contributed by atoms with Crippen LogP contribution >= 0.6 is 0 Å². The maximum atomic E-state index is 12.5. The zero-order valence-electron chi connectivity index (χ0n) is 18.1. The number of nitriles is 1. The number of carbonyl (C=O) groups excluding carboxylic acids is 2. The third-order valence-corrected chi connectivity index (χ3v) is 4.63. The topological polar surface area (TPSA) is 99.8 Å². The van der Waals surface area contributed by atoms with Gasteiger partial charge in [-0.1, -0.05) is 6.07 Å². The van der Waals surface area contributed by atoms with Crippen molar-refractivity contribution in [2.75, 3.05) is 34.0 Å². The number of methoxy groups -OCH3 is 2. The van der Waals surface area contributed by atoms with E-state index in [1.807, 2.05) is 24.5 Å². The van der Waals surface area contributed by atoms with Crippen LogP contribution in [0.25, 0.3) is 6.08 Å². The number of rotatable bonds is 11. The van der Waals surface area contributed by atoms with Gasteiger partial charge in [0.05, 0.1) is 13.7 Å². The minimum absolute atomic E-state index is 0.0966. The fourth-order valence-electron chi connectivity index (χ4n) is 3.05. The van der Waals surface area contributed by atoms with Crippen molar-refractivity contribution >= 4 is 17.8 Å². The van der Waals surface area contributed by atoms with Crippen LogP contribution in [-0.4, -0.2) is 50.4 Å². The van der Waals surface area contributed by atoms with Gasteiger partial charge in [-0.2, -0.15) is 5.26 Å². The number of carbonyl (C=O) groups is 2. The Morgan fingerprint density at radius 3 is 2.61 bits per heavy atom. The summed E-state index contributed by atoms with van der Waals surface area (Å²) in [4.78, 5) is 24.5. The van der Waals surface area contributed by atoms with Crippen LogP contribution in [0.1, 0.15) is 27.3 Å². The monoisotopic (exact) mass is 426 g/mol. The van der Waals surface area contributed by atoms with Crippen LogP contribution in [0.15, 0.2) is 30.3 Å². The van der Waals surface area contributed by atoms with Gasteiger partial charge >= 0.3 is 5.97 Å². The van der Waals surface area contributed by atoms with E-state index in [-0.39, 0.29) is 19.0 Å². The lowest BCUT2D eigenvalue weighted by Gasteiger charge is -2.09. The van der Waals surface area contributed by atoms with Crippen molar-refractivity contribution in [2.24, 2.45) is 0 Å². The molecule has 1 heterocycles. The summed E-state index contributed by atoms with van der Waals surface area (Å²) in [6.45, 7) is 4.52. The highest BCUT2D eigenvalue weighted by Crippen LogP contribution is 2.28. The fraction of sp³-hybridized carbons (Fsp3) is 0.348. The van der Waals surface area contributed by atoms with Crippen molar-refractivity contribution in [1.82, 2.24) is 4.57 Å². The second-order valence-electron chi connectivity index (χ2n) is 6.65. The number of aromatic nitrogens is 1. The summed E-state index contributed by atoms with van der Waals surface area (Å²) >= 11 is 0. The highest BCUT2D eigenvalue weighted by molar-refractivity contribution is 6.00. The van der Waals surface area contributed by atoms with Gasteiger partial charge in [0.2, 0.25) is 5.78 Å². The first-order chi connectivity index (χ1) is 14.9. The number of aryl methyl sites for hydroxylation is 1. The van der Waals surface area contributed by atoms with Crippen molar-refractivity contribution in [2.45, 2.75) is 20.4 Å². The molecule has 0 saturated carbocycles.